The first-order chi connectivity index (χ1) is 6.47. The molecular weight excluding hydrogens is 262 g/mol. The van der Waals surface area contributed by atoms with Crippen LogP contribution < -0.4 is 5.32 Å². The molecule has 1 aromatic heterocycles. The van der Waals surface area contributed by atoms with Crippen molar-refractivity contribution in [2.75, 3.05) is 13.1 Å². The summed E-state index contributed by atoms with van der Waals surface area (Å²) in [5, 5.41) is 12.7. The zero-order chi connectivity index (χ0) is 10.6. The minimum atomic E-state index is -0.615. The van der Waals surface area contributed by atoms with Crippen molar-refractivity contribution in [3.63, 3.8) is 0 Å². The molecule has 4 heteroatoms. The van der Waals surface area contributed by atoms with Gasteiger partial charge in [0.05, 0.1) is 9.39 Å². The number of halogens is 1. The van der Waals surface area contributed by atoms with Crippen molar-refractivity contribution in [2.24, 2.45) is 0 Å². The van der Waals surface area contributed by atoms with E-state index in [1.807, 2.05) is 13.8 Å². The van der Waals surface area contributed by atoms with Crippen molar-refractivity contribution in [1.82, 2.24) is 5.32 Å². The summed E-state index contributed by atoms with van der Waals surface area (Å²) in [6.07, 6.45) is 1.02. The molecule has 0 atom stereocenters. The van der Waals surface area contributed by atoms with E-state index in [0.29, 0.717) is 6.54 Å². The lowest BCUT2D eigenvalue weighted by atomic mass is 10.1. The van der Waals surface area contributed by atoms with E-state index in [9.17, 15) is 5.11 Å². The Morgan fingerprint density at radius 2 is 2.21 bits per heavy atom. The average Bonchev–Trinajstić information content (AvgIpc) is 2.44. The van der Waals surface area contributed by atoms with Gasteiger partial charge in [-0.05, 0) is 48.3 Å². The van der Waals surface area contributed by atoms with E-state index in [4.69, 9.17) is 0 Å². The molecular formula is C10H16BrNOS. The van der Waals surface area contributed by atoms with Crippen LogP contribution in [0.4, 0.5) is 0 Å². The Balaban J connectivity index is 2.16. The number of hydrogen-bond donors (Lipinski definition) is 2. The Labute approximate surface area is 97.5 Å². The quantitative estimate of drug-likeness (QED) is 0.811. The van der Waals surface area contributed by atoms with E-state index < -0.39 is 5.60 Å². The van der Waals surface area contributed by atoms with Gasteiger partial charge in [-0.1, -0.05) is 0 Å². The summed E-state index contributed by atoms with van der Waals surface area (Å²) in [4.78, 5) is 1.36. The topological polar surface area (TPSA) is 32.3 Å². The number of rotatable bonds is 5. The molecule has 14 heavy (non-hydrogen) atoms. The highest BCUT2D eigenvalue weighted by molar-refractivity contribution is 9.11. The van der Waals surface area contributed by atoms with Crippen LogP contribution in [0, 0.1) is 0 Å². The fraction of sp³-hybridized carbons (Fsp3) is 0.600. The zero-order valence-electron chi connectivity index (χ0n) is 8.51. The van der Waals surface area contributed by atoms with E-state index in [1.165, 1.54) is 8.66 Å². The number of thiophene rings is 1. The monoisotopic (exact) mass is 277 g/mol. The highest BCUT2D eigenvalue weighted by Crippen LogP contribution is 2.21. The SMILES string of the molecule is CC(C)(O)CNCCc1ccc(Br)s1. The molecule has 2 N–H and O–H groups in total. The summed E-state index contributed by atoms with van der Waals surface area (Å²) in [7, 11) is 0. The van der Waals surface area contributed by atoms with Crippen LogP contribution in [0.2, 0.25) is 0 Å². The van der Waals surface area contributed by atoms with Gasteiger partial charge in [-0.25, -0.2) is 0 Å². The normalized spacial score (nSPS) is 12.0. The number of hydrogen-bond acceptors (Lipinski definition) is 3. The van der Waals surface area contributed by atoms with Crippen LogP contribution in [-0.2, 0) is 6.42 Å². The van der Waals surface area contributed by atoms with Gasteiger partial charge in [-0.2, -0.15) is 0 Å². The second-order valence-corrected chi connectivity index (χ2v) is 6.49. The fourth-order valence-corrected chi connectivity index (χ4v) is 2.57. The lowest BCUT2D eigenvalue weighted by molar-refractivity contribution is 0.0801. The van der Waals surface area contributed by atoms with E-state index in [0.717, 1.165) is 13.0 Å². The third-order valence-electron chi connectivity index (χ3n) is 1.73. The van der Waals surface area contributed by atoms with E-state index >= 15 is 0 Å². The molecule has 0 aliphatic heterocycles. The molecule has 0 fully saturated rings. The van der Waals surface area contributed by atoms with Crippen LogP contribution in [0.1, 0.15) is 18.7 Å². The summed E-state index contributed by atoms with van der Waals surface area (Å²) >= 11 is 5.19. The van der Waals surface area contributed by atoms with Gasteiger partial charge in [-0.3, -0.25) is 0 Å². The van der Waals surface area contributed by atoms with E-state index in [1.54, 1.807) is 11.3 Å². The number of aliphatic hydroxyl groups is 1. The van der Waals surface area contributed by atoms with Gasteiger partial charge in [-0.15, -0.1) is 11.3 Å². The average molecular weight is 278 g/mol. The van der Waals surface area contributed by atoms with Gasteiger partial charge in [0.15, 0.2) is 0 Å². The third kappa shape index (κ3) is 5.10. The molecule has 0 amide bonds. The molecule has 1 aromatic rings. The smallest absolute Gasteiger partial charge is 0.0715 e. The highest BCUT2D eigenvalue weighted by Gasteiger charge is 2.10. The Kier molecular flexibility index (Phi) is 4.57. The molecule has 0 spiro atoms. The molecule has 0 aromatic carbocycles. The molecule has 0 bridgehead atoms. The summed E-state index contributed by atoms with van der Waals surface area (Å²) in [5.74, 6) is 0. The van der Waals surface area contributed by atoms with Crippen LogP contribution in [0.15, 0.2) is 15.9 Å². The van der Waals surface area contributed by atoms with Crippen LogP contribution in [0.5, 0.6) is 0 Å². The summed E-state index contributed by atoms with van der Waals surface area (Å²) in [6, 6.07) is 4.19. The van der Waals surface area contributed by atoms with Gasteiger partial charge in [0.25, 0.3) is 0 Å². The third-order valence-corrected chi connectivity index (χ3v) is 3.42. The largest absolute Gasteiger partial charge is 0.389 e. The molecule has 0 saturated heterocycles. The zero-order valence-corrected chi connectivity index (χ0v) is 10.9. The summed E-state index contributed by atoms with van der Waals surface area (Å²) < 4.78 is 1.18. The van der Waals surface area contributed by atoms with Crippen LogP contribution in [0.3, 0.4) is 0 Å². The minimum Gasteiger partial charge on any atom is -0.389 e. The molecule has 80 valence electrons. The maximum absolute atomic E-state index is 9.45. The Morgan fingerprint density at radius 1 is 1.50 bits per heavy atom. The molecule has 0 aliphatic carbocycles. The van der Waals surface area contributed by atoms with Crippen molar-refractivity contribution in [2.45, 2.75) is 25.9 Å². The predicted molar refractivity (Wildman–Crippen MR) is 64.9 cm³/mol. The lowest BCUT2D eigenvalue weighted by Crippen LogP contribution is -2.35. The van der Waals surface area contributed by atoms with Crippen molar-refractivity contribution in [3.05, 3.63) is 20.8 Å². The van der Waals surface area contributed by atoms with E-state index in [-0.39, 0.29) is 0 Å². The van der Waals surface area contributed by atoms with Crippen molar-refractivity contribution in [1.29, 1.82) is 0 Å². The van der Waals surface area contributed by atoms with E-state index in [2.05, 4.69) is 33.4 Å². The van der Waals surface area contributed by atoms with Gasteiger partial charge < -0.3 is 10.4 Å². The van der Waals surface area contributed by atoms with Crippen molar-refractivity contribution >= 4 is 27.3 Å². The minimum absolute atomic E-state index is 0.615. The summed E-state index contributed by atoms with van der Waals surface area (Å²) in [6.45, 7) is 5.17. The fourth-order valence-electron chi connectivity index (χ4n) is 1.09. The van der Waals surface area contributed by atoms with Gasteiger partial charge in [0, 0.05) is 18.0 Å². The standard InChI is InChI=1S/C10H16BrNOS/c1-10(2,13)7-12-6-5-8-3-4-9(11)14-8/h3-4,12-13H,5-7H2,1-2H3. The lowest BCUT2D eigenvalue weighted by Gasteiger charge is -2.17. The molecule has 1 heterocycles. The molecule has 2 nitrogen and oxygen atoms in total. The predicted octanol–water partition coefficient (Wildman–Crippen LogP) is 2.41. The first kappa shape index (κ1) is 12.2. The van der Waals surface area contributed by atoms with Gasteiger partial charge in [0.2, 0.25) is 0 Å². The summed E-state index contributed by atoms with van der Waals surface area (Å²) in [5.41, 5.74) is -0.615. The number of nitrogens with one attached hydrogen (secondary N) is 1. The molecule has 0 aliphatic rings. The second-order valence-electron chi connectivity index (χ2n) is 3.95. The van der Waals surface area contributed by atoms with Crippen LogP contribution in [0.25, 0.3) is 0 Å². The van der Waals surface area contributed by atoms with Gasteiger partial charge in [0.1, 0.15) is 0 Å². The Bertz CT molecular complexity index is 280. The van der Waals surface area contributed by atoms with Crippen molar-refractivity contribution < 1.29 is 5.11 Å². The maximum atomic E-state index is 9.45. The highest BCUT2D eigenvalue weighted by atomic mass is 79.9. The maximum Gasteiger partial charge on any atom is 0.0715 e. The molecule has 0 unspecified atom stereocenters. The van der Waals surface area contributed by atoms with Crippen LogP contribution >= 0.6 is 27.3 Å². The van der Waals surface area contributed by atoms with Crippen LogP contribution in [-0.4, -0.2) is 23.8 Å². The Morgan fingerprint density at radius 3 is 2.71 bits per heavy atom. The van der Waals surface area contributed by atoms with Crippen molar-refractivity contribution in [3.8, 4) is 0 Å². The molecule has 0 radical (unpaired) electrons. The molecule has 1 rings (SSSR count). The first-order valence-electron chi connectivity index (χ1n) is 4.65. The second kappa shape index (κ2) is 5.26. The van der Waals surface area contributed by atoms with Gasteiger partial charge >= 0.3 is 0 Å². The Hall–Kier alpha value is 0.1000. The first-order valence-corrected chi connectivity index (χ1v) is 6.26. The molecule has 0 saturated carbocycles.